The van der Waals surface area contributed by atoms with Crippen molar-refractivity contribution in [3.63, 3.8) is 0 Å². The number of ether oxygens (including phenoxy) is 1. The number of benzene rings is 2. The molecule has 1 unspecified atom stereocenters. The van der Waals surface area contributed by atoms with E-state index in [4.69, 9.17) is 27.9 Å². The van der Waals surface area contributed by atoms with E-state index in [2.05, 4.69) is 10.3 Å². The second-order valence-corrected chi connectivity index (χ2v) is 7.19. The lowest BCUT2D eigenvalue weighted by atomic mass is 10.2. The van der Waals surface area contributed by atoms with Crippen molar-refractivity contribution in [2.75, 3.05) is 5.32 Å². The predicted molar refractivity (Wildman–Crippen MR) is 99.5 cm³/mol. The molecular formula is C17H14Cl2N2O2S. The highest BCUT2D eigenvalue weighted by Crippen LogP contribution is 2.29. The van der Waals surface area contributed by atoms with Crippen LogP contribution in [0.5, 0.6) is 5.75 Å². The Morgan fingerprint density at radius 1 is 1.25 bits per heavy atom. The van der Waals surface area contributed by atoms with E-state index in [1.165, 1.54) is 11.3 Å². The molecule has 1 aromatic heterocycles. The number of anilines is 1. The van der Waals surface area contributed by atoms with Gasteiger partial charge in [-0.05, 0) is 49.7 Å². The molecule has 0 fully saturated rings. The second kappa shape index (κ2) is 6.97. The van der Waals surface area contributed by atoms with Gasteiger partial charge in [0.05, 0.1) is 15.2 Å². The monoisotopic (exact) mass is 380 g/mol. The first-order valence-corrected chi connectivity index (χ1v) is 8.79. The minimum atomic E-state index is -0.725. The van der Waals surface area contributed by atoms with E-state index in [0.29, 0.717) is 20.9 Å². The minimum absolute atomic E-state index is 0.295. The van der Waals surface area contributed by atoms with Crippen molar-refractivity contribution in [2.24, 2.45) is 0 Å². The third-order valence-electron chi connectivity index (χ3n) is 3.34. The molecule has 124 valence electrons. The number of nitrogens with one attached hydrogen (secondary N) is 1. The molecule has 1 amide bonds. The molecule has 0 saturated heterocycles. The number of aromatic nitrogens is 1. The maximum atomic E-state index is 12.3. The van der Waals surface area contributed by atoms with Gasteiger partial charge in [-0.25, -0.2) is 4.98 Å². The molecule has 1 heterocycles. The summed E-state index contributed by atoms with van der Waals surface area (Å²) in [6, 6.07) is 10.8. The van der Waals surface area contributed by atoms with E-state index in [0.717, 1.165) is 15.8 Å². The van der Waals surface area contributed by atoms with E-state index < -0.39 is 6.10 Å². The van der Waals surface area contributed by atoms with Crippen LogP contribution in [0.3, 0.4) is 0 Å². The summed E-state index contributed by atoms with van der Waals surface area (Å²) in [7, 11) is 0. The summed E-state index contributed by atoms with van der Waals surface area (Å²) in [4.78, 5) is 16.7. The highest BCUT2D eigenvalue weighted by Gasteiger charge is 2.18. The average molecular weight is 381 g/mol. The number of hydrogen-bond acceptors (Lipinski definition) is 4. The van der Waals surface area contributed by atoms with Crippen LogP contribution in [0.25, 0.3) is 10.2 Å². The Labute approximate surface area is 153 Å². The molecule has 0 saturated carbocycles. The first-order valence-electron chi connectivity index (χ1n) is 7.22. The molecule has 1 N–H and O–H groups in total. The third-order valence-corrected chi connectivity index (χ3v) is 4.81. The molecule has 24 heavy (non-hydrogen) atoms. The fourth-order valence-corrected chi connectivity index (χ4v) is 3.53. The number of hydrogen-bond donors (Lipinski definition) is 1. The van der Waals surface area contributed by atoms with Crippen molar-refractivity contribution < 1.29 is 9.53 Å². The first kappa shape index (κ1) is 17.0. The van der Waals surface area contributed by atoms with Gasteiger partial charge in [0.15, 0.2) is 11.2 Å². The van der Waals surface area contributed by atoms with E-state index in [1.54, 1.807) is 25.1 Å². The molecule has 0 aliphatic carbocycles. The van der Waals surface area contributed by atoms with Gasteiger partial charge in [0.25, 0.3) is 5.91 Å². The molecule has 3 rings (SSSR count). The highest BCUT2D eigenvalue weighted by molar-refractivity contribution is 7.22. The van der Waals surface area contributed by atoms with Crippen LogP contribution in [0.2, 0.25) is 10.0 Å². The Balaban J connectivity index is 1.70. The fraction of sp³-hybridized carbons (Fsp3) is 0.176. The summed E-state index contributed by atoms with van der Waals surface area (Å²) in [6.45, 7) is 3.67. The Bertz CT molecular complexity index is 911. The van der Waals surface area contributed by atoms with Gasteiger partial charge >= 0.3 is 0 Å². The lowest BCUT2D eigenvalue weighted by molar-refractivity contribution is -0.122. The predicted octanol–water partition coefficient (Wildman–Crippen LogP) is 5.32. The van der Waals surface area contributed by atoms with Crippen molar-refractivity contribution in [1.82, 2.24) is 4.98 Å². The average Bonchev–Trinajstić information content (AvgIpc) is 2.91. The number of carbonyl (C=O) groups is 1. The van der Waals surface area contributed by atoms with Crippen LogP contribution in [-0.2, 0) is 4.79 Å². The zero-order valence-electron chi connectivity index (χ0n) is 13.0. The Hall–Kier alpha value is -1.82. The lowest BCUT2D eigenvalue weighted by Gasteiger charge is -2.14. The molecular weight excluding hydrogens is 367 g/mol. The van der Waals surface area contributed by atoms with Gasteiger partial charge in [-0.2, -0.15) is 0 Å². The Morgan fingerprint density at radius 3 is 2.79 bits per heavy atom. The van der Waals surface area contributed by atoms with Gasteiger partial charge in [-0.15, -0.1) is 0 Å². The molecule has 2 aromatic carbocycles. The summed E-state index contributed by atoms with van der Waals surface area (Å²) in [5.74, 6) is 0.112. The molecule has 1 atom stereocenters. The van der Waals surface area contributed by atoms with Gasteiger partial charge in [-0.3, -0.25) is 10.1 Å². The quantitative estimate of drug-likeness (QED) is 0.666. The van der Waals surface area contributed by atoms with Gasteiger partial charge in [-0.1, -0.05) is 40.6 Å². The topological polar surface area (TPSA) is 51.2 Å². The number of carbonyl (C=O) groups excluding carboxylic acids is 1. The number of aryl methyl sites for hydroxylation is 1. The van der Waals surface area contributed by atoms with Crippen LogP contribution in [-0.4, -0.2) is 17.0 Å². The van der Waals surface area contributed by atoms with Crippen molar-refractivity contribution in [2.45, 2.75) is 20.0 Å². The summed E-state index contributed by atoms with van der Waals surface area (Å²) in [5.41, 5.74) is 2.01. The molecule has 0 radical (unpaired) electrons. The number of thiazole rings is 1. The number of halogens is 2. The first-order chi connectivity index (χ1) is 11.4. The van der Waals surface area contributed by atoms with Crippen LogP contribution in [0.4, 0.5) is 5.13 Å². The van der Waals surface area contributed by atoms with Crippen molar-refractivity contribution in [1.29, 1.82) is 0 Å². The number of nitrogens with zero attached hydrogens (tertiary/aromatic N) is 1. The van der Waals surface area contributed by atoms with Crippen molar-refractivity contribution >= 4 is 55.8 Å². The van der Waals surface area contributed by atoms with Crippen molar-refractivity contribution in [3.8, 4) is 5.75 Å². The SMILES string of the molecule is Cc1ccc2nc(NC(=O)C(C)Oc3ccc(Cl)cc3Cl)sc2c1. The summed E-state index contributed by atoms with van der Waals surface area (Å²) >= 11 is 13.3. The standard InChI is InChI=1S/C17H14Cl2N2O2S/c1-9-3-5-13-15(7-9)24-17(20-13)21-16(22)10(2)23-14-6-4-11(18)8-12(14)19/h3-8,10H,1-2H3,(H,20,21,22). The maximum Gasteiger partial charge on any atom is 0.266 e. The summed E-state index contributed by atoms with van der Waals surface area (Å²) < 4.78 is 6.63. The molecule has 7 heteroatoms. The number of amides is 1. The number of rotatable bonds is 4. The smallest absolute Gasteiger partial charge is 0.266 e. The fourth-order valence-electron chi connectivity index (χ4n) is 2.11. The van der Waals surface area contributed by atoms with Gasteiger partial charge in [0.2, 0.25) is 0 Å². The highest BCUT2D eigenvalue weighted by atomic mass is 35.5. The van der Waals surface area contributed by atoms with Crippen LogP contribution in [0.1, 0.15) is 12.5 Å². The Kier molecular flexibility index (Phi) is 4.94. The molecule has 3 aromatic rings. The normalized spacial score (nSPS) is 12.2. The van der Waals surface area contributed by atoms with Crippen LogP contribution in [0.15, 0.2) is 36.4 Å². The molecule has 0 aliphatic rings. The van der Waals surface area contributed by atoms with Crippen molar-refractivity contribution in [3.05, 3.63) is 52.0 Å². The minimum Gasteiger partial charge on any atom is -0.479 e. The van der Waals surface area contributed by atoms with E-state index >= 15 is 0 Å². The molecule has 0 spiro atoms. The zero-order chi connectivity index (χ0) is 17.3. The third kappa shape index (κ3) is 3.80. The van der Waals surface area contributed by atoms with Gasteiger partial charge in [0, 0.05) is 5.02 Å². The summed E-state index contributed by atoms with van der Waals surface area (Å²) in [6.07, 6.45) is -0.725. The van der Waals surface area contributed by atoms with Gasteiger partial charge in [0.1, 0.15) is 5.75 Å². The van der Waals surface area contributed by atoms with E-state index in [1.807, 2.05) is 25.1 Å². The number of fused-ring (bicyclic) bond motifs is 1. The van der Waals surface area contributed by atoms with Crippen LogP contribution in [0, 0.1) is 6.92 Å². The molecule has 4 nitrogen and oxygen atoms in total. The maximum absolute atomic E-state index is 12.3. The Morgan fingerprint density at radius 2 is 2.04 bits per heavy atom. The second-order valence-electron chi connectivity index (χ2n) is 5.31. The van der Waals surface area contributed by atoms with Gasteiger partial charge < -0.3 is 4.74 Å². The summed E-state index contributed by atoms with van der Waals surface area (Å²) in [5, 5.41) is 4.18. The molecule has 0 bridgehead atoms. The van der Waals surface area contributed by atoms with Crippen LogP contribution >= 0.6 is 34.5 Å². The lowest BCUT2D eigenvalue weighted by Crippen LogP contribution is -2.30. The van der Waals surface area contributed by atoms with E-state index in [9.17, 15) is 4.79 Å². The zero-order valence-corrected chi connectivity index (χ0v) is 15.3. The largest absolute Gasteiger partial charge is 0.479 e. The molecule has 0 aliphatic heterocycles. The van der Waals surface area contributed by atoms with Crippen LogP contribution < -0.4 is 10.1 Å². The van der Waals surface area contributed by atoms with E-state index in [-0.39, 0.29) is 5.91 Å².